The molecule has 4 aliphatic rings. The molecule has 5 heterocycles. The molecule has 11 rings (SSSR count). The Balaban J connectivity index is 0.969. The van der Waals surface area contributed by atoms with Gasteiger partial charge in [0.1, 0.15) is 22.8 Å². The highest BCUT2D eigenvalue weighted by Crippen LogP contribution is 2.64. The lowest BCUT2D eigenvalue weighted by atomic mass is 9.51. The molecule has 7 aromatic rings. The average molecular weight is 869 g/mol. The molecule has 61 heavy (non-hydrogen) atoms. The number of thiophene rings is 1. The van der Waals surface area contributed by atoms with Crippen LogP contribution in [-0.2, 0) is 26.2 Å². The Bertz CT molecular complexity index is 3080. The molecule has 4 aromatic carbocycles. The number of rotatable bonds is 5. The molecule has 14 heteroatoms. The van der Waals surface area contributed by atoms with Gasteiger partial charge < -0.3 is 9.52 Å². The van der Waals surface area contributed by atoms with Crippen molar-refractivity contribution in [1.82, 2.24) is 14.8 Å². The Labute approximate surface area is 362 Å². The predicted molar refractivity (Wildman–Crippen MR) is 233 cm³/mol. The summed E-state index contributed by atoms with van der Waals surface area (Å²) in [5.41, 5.74) is 4.09. The van der Waals surface area contributed by atoms with E-state index < -0.39 is 46.8 Å². The standard InChI is InChI=1S/C47H35Cl2N5O6S/c1-22-30-18-24(48)10-17-37(30)61-41(22)35-21-38(52(3)51-35)54-44(57)32-20-31-27(40(47(32,2)46(54)59)28-14-13-26(55)19-33(28)49)15-16-29-39(31)45(58)53(43(29)56)25-11-8-23(9-12-25)42-50-34-6-4-5-7-36(34)60-42/h4-15,17-19,21,29,31-32,39-40,55H,16,20H2,1-3H3. The van der Waals surface area contributed by atoms with E-state index in [2.05, 4.69) is 4.98 Å². The van der Waals surface area contributed by atoms with Crippen LogP contribution in [0.5, 0.6) is 5.75 Å². The highest BCUT2D eigenvalue weighted by Gasteiger charge is 2.68. The fraction of sp³-hybridized carbons (Fsp3) is 0.234. The van der Waals surface area contributed by atoms with Gasteiger partial charge in [0.2, 0.25) is 29.5 Å². The lowest BCUT2D eigenvalue weighted by Gasteiger charge is -2.49. The maximum atomic E-state index is 15.2. The first-order valence-electron chi connectivity index (χ1n) is 20.0. The molecule has 0 spiro atoms. The molecule has 4 amide bonds. The molecule has 2 saturated heterocycles. The Morgan fingerprint density at radius 1 is 0.885 bits per heavy atom. The smallest absolute Gasteiger partial charge is 0.242 e. The van der Waals surface area contributed by atoms with E-state index in [9.17, 15) is 14.7 Å². The van der Waals surface area contributed by atoms with Gasteiger partial charge in [-0.15, -0.1) is 11.3 Å². The number of aromatic hydroxyl groups is 1. The van der Waals surface area contributed by atoms with E-state index in [1.165, 1.54) is 21.9 Å². The van der Waals surface area contributed by atoms with Gasteiger partial charge in [-0.2, -0.15) is 5.10 Å². The van der Waals surface area contributed by atoms with Crippen molar-refractivity contribution in [2.75, 3.05) is 9.80 Å². The topological polar surface area (TPSA) is 139 Å². The normalized spacial score (nSPS) is 24.8. The number of nitrogens with zero attached hydrogens (tertiary/aromatic N) is 5. The number of phenols is 1. The number of allylic oxidation sites excluding steroid dienone is 2. The summed E-state index contributed by atoms with van der Waals surface area (Å²) in [4.78, 5) is 67.2. The predicted octanol–water partition coefficient (Wildman–Crippen LogP) is 9.87. The number of hydrogen-bond acceptors (Lipinski definition) is 9. The molecule has 0 radical (unpaired) electrons. The van der Waals surface area contributed by atoms with Crippen molar-refractivity contribution in [3.63, 3.8) is 0 Å². The minimum Gasteiger partial charge on any atom is -0.508 e. The van der Waals surface area contributed by atoms with Crippen molar-refractivity contribution in [3.8, 4) is 27.8 Å². The number of hydrogen-bond donors (Lipinski definition) is 1. The summed E-state index contributed by atoms with van der Waals surface area (Å²) in [6, 6.07) is 26.6. The molecule has 304 valence electrons. The van der Waals surface area contributed by atoms with E-state index in [-0.39, 0.29) is 35.4 Å². The molecule has 2 aliphatic heterocycles. The Kier molecular flexibility index (Phi) is 8.36. The van der Waals surface area contributed by atoms with Gasteiger partial charge in [-0.3, -0.25) is 28.8 Å². The van der Waals surface area contributed by atoms with E-state index in [1.807, 2.05) is 55.5 Å². The summed E-state index contributed by atoms with van der Waals surface area (Å²) in [5, 5.41) is 17.1. The number of imide groups is 2. The van der Waals surface area contributed by atoms with Crippen LogP contribution < -0.4 is 9.80 Å². The van der Waals surface area contributed by atoms with E-state index in [4.69, 9.17) is 32.7 Å². The van der Waals surface area contributed by atoms with Crippen LogP contribution in [0.2, 0.25) is 10.0 Å². The second-order valence-corrected chi connectivity index (χ2v) is 18.5. The number of fused-ring (bicyclic) bond motifs is 6. The van der Waals surface area contributed by atoms with Crippen molar-refractivity contribution >= 4 is 90.9 Å². The summed E-state index contributed by atoms with van der Waals surface area (Å²) < 4.78 is 8.54. The van der Waals surface area contributed by atoms with Crippen LogP contribution in [0, 0.1) is 36.0 Å². The van der Waals surface area contributed by atoms with Crippen LogP contribution in [0.15, 0.2) is 107 Å². The zero-order valence-corrected chi connectivity index (χ0v) is 35.3. The Morgan fingerprint density at radius 3 is 2.44 bits per heavy atom. The van der Waals surface area contributed by atoms with Crippen molar-refractivity contribution in [2.24, 2.45) is 36.1 Å². The van der Waals surface area contributed by atoms with Gasteiger partial charge in [0.25, 0.3) is 0 Å². The summed E-state index contributed by atoms with van der Waals surface area (Å²) in [6.07, 6.45) is 2.41. The van der Waals surface area contributed by atoms with Gasteiger partial charge in [-0.1, -0.05) is 53.1 Å². The first kappa shape index (κ1) is 37.9. The number of benzene rings is 4. The minimum absolute atomic E-state index is 0.0495. The molecule has 2 aliphatic carbocycles. The van der Waals surface area contributed by atoms with Gasteiger partial charge in [-0.05, 0) is 116 Å². The van der Waals surface area contributed by atoms with E-state index in [0.717, 1.165) is 31.6 Å². The van der Waals surface area contributed by atoms with Gasteiger partial charge >= 0.3 is 0 Å². The number of carbonyl (C=O) groups is 4. The SMILES string of the molecule is Cc1c(-c2cc(N3C(=O)C4CC5C(=CCC6C(=O)N(c7ccc(-c8nc9ccccc9o8)cc7)C(=O)C65)C(c5ccc(O)cc5Cl)C4(C)C3=O)n(C)n2)sc2ccc(Cl)cc12. The number of amides is 4. The quantitative estimate of drug-likeness (QED) is 0.133. The number of para-hydroxylation sites is 2. The molecular formula is C47H35Cl2N5O6S. The third-order valence-corrected chi connectivity index (χ3v) is 15.3. The largest absolute Gasteiger partial charge is 0.508 e. The molecule has 1 N–H and O–H groups in total. The number of oxazole rings is 1. The third kappa shape index (κ3) is 5.41. The van der Waals surface area contributed by atoms with Gasteiger partial charge in [0, 0.05) is 39.3 Å². The molecule has 11 nitrogen and oxygen atoms in total. The first-order chi connectivity index (χ1) is 29.3. The van der Waals surface area contributed by atoms with Crippen molar-refractivity contribution < 1.29 is 28.7 Å². The van der Waals surface area contributed by atoms with Crippen LogP contribution in [0.4, 0.5) is 11.5 Å². The van der Waals surface area contributed by atoms with Gasteiger partial charge in [0.15, 0.2) is 5.58 Å². The highest BCUT2D eigenvalue weighted by atomic mass is 35.5. The summed E-state index contributed by atoms with van der Waals surface area (Å²) in [5.74, 6) is -4.44. The van der Waals surface area contributed by atoms with Crippen LogP contribution in [-0.4, -0.2) is 43.5 Å². The van der Waals surface area contributed by atoms with Gasteiger partial charge in [0.05, 0.1) is 33.7 Å². The minimum atomic E-state index is -1.34. The molecule has 3 aromatic heterocycles. The maximum absolute atomic E-state index is 15.2. The highest BCUT2D eigenvalue weighted by molar-refractivity contribution is 7.22. The molecule has 3 fully saturated rings. The monoisotopic (exact) mass is 867 g/mol. The Morgan fingerprint density at radius 2 is 1.67 bits per heavy atom. The molecular weight excluding hydrogens is 834 g/mol. The summed E-state index contributed by atoms with van der Waals surface area (Å²) in [6.45, 7) is 3.80. The molecule has 6 atom stereocenters. The second-order valence-electron chi connectivity index (χ2n) is 16.6. The van der Waals surface area contributed by atoms with Crippen molar-refractivity contribution in [1.29, 1.82) is 0 Å². The number of aromatic nitrogens is 3. The summed E-state index contributed by atoms with van der Waals surface area (Å²) in [7, 11) is 1.71. The molecule has 6 unspecified atom stereocenters. The lowest BCUT2D eigenvalue weighted by molar-refractivity contribution is -0.131. The number of phenolic OH excluding ortho intramolecular Hbond substituents is 1. The number of aryl methyl sites for hydroxylation is 2. The number of carbonyl (C=O) groups excluding carboxylic acids is 4. The third-order valence-electron chi connectivity index (χ3n) is 13.5. The fourth-order valence-corrected chi connectivity index (χ4v) is 12.1. The van der Waals surface area contributed by atoms with Crippen LogP contribution in [0.3, 0.4) is 0 Å². The maximum Gasteiger partial charge on any atom is 0.242 e. The second kappa shape index (κ2) is 13.5. The van der Waals surface area contributed by atoms with E-state index in [0.29, 0.717) is 44.8 Å². The zero-order chi connectivity index (χ0) is 42.2. The lowest BCUT2D eigenvalue weighted by Crippen LogP contribution is -2.49. The zero-order valence-electron chi connectivity index (χ0n) is 32.9. The summed E-state index contributed by atoms with van der Waals surface area (Å²) >= 11 is 14.8. The van der Waals surface area contributed by atoms with Crippen LogP contribution in [0.1, 0.15) is 36.8 Å². The van der Waals surface area contributed by atoms with Crippen molar-refractivity contribution in [2.45, 2.75) is 32.6 Å². The Hall–Kier alpha value is -6.08. The van der Waals surface area contributed by atoms with Crippen LogP contribution >= 0.6 is 34.5 Å². The van der Waals surface area contributed by atoms with Crippen LogP contribution in [0.25, 0.3) is 43.2 Å². The average Bonchev–Trinajstić information content (AvgIpc) is 4.03. The van der Waals surface area contributed by atoms with Gasteiger partial charge in [-0.25, -0.2) is 9.88 Å². The van der Waals surface area contributed by atoms with E-state index in [1.54, 1.807) is 66.4 Å². The number of anilines is 2. The number of halogens is 2. The molecule has 1 saturated carbocycles. The van der Waals surface area contributed by atoms with E-state index >= 15 is 9.59 Å². The van der Waals surface area contributed by atoms with Crippen molar-refractivity contribution in [3.05, 3.63) is 124 Å². The first-order valence-corrected chi connectivity index (χ1v) is 21.5. The fourth-order valence-electron chi connectivity index (χ4n) is 10.5. The molecule has 0 bridgehead atoms.